The Bertz CT molecular complexity index is 857. The van der Waals surface area contributed by atoms with Crippen LogP contribution in [0, 0.1) is 5.92 Å². The van der Waals surface area contributed by atoms with Gasteiger partial charge in [-0.3, -0.25) is 14.5 Å². The number of amides is 2. The topological polar surface area (TPSA) is 90.4 Å². The Hall–Kier alpha value is -2.61. The molecule has 1 N–H and O–H groups in total. The summed E-state index contributed by atoms with van der Waals surface area (Å²) in [6, 6.07) is 7.44. The summed E-state index contributed by atoms with van der Waals surface area (Å²) in [6.45, 7) is 14.6. The molecule has 0 radical (unpaired) electrons. The first kappa shape index (κ1) is 30.6. The molecule has 8 heteroatoms. The smallest absolute Gasteiger partial charge is 0.407 e. The van der Waals surface area contributed by atoms with Gasteiger partial charge in [-0.1, -0.05) is 26.7 Å². The van der Waals surface area contributed by atoms with Crippen molar-refractivity contribution in [1.29, 1.82) is 0 Å². The monoisotopic (exact) mass is 517 g/mol. The maximum atomic E-state index is 12.8. The van der Waals surface area contributed by atoms with Crippen molar-refractivity contribution in [3.05, 3.63) is 29.8 Å². The molecule has 0 aromatic heterocycles. The highest BCUT2D eigenvalue weighted by Crippen LogP contribution is 2.19. The zero-order chi connectivity index (χ0) is 27.4. The third-order valence-electron chi connectivity index (χ3n) is 6.85. The number of ketones is 1. The van der Waals surface area contributed by atoms with Crippen molar-refractivity contribution in [2.75, 3.05) is 45.9 Å². The molecule has 2 amide bonds. The minimum atomic E-state index is -0.950. The van der Waals surface area contributed by atoms with E-state index in [1.165, 1.54) is 4.90 Å². The molecule has 1 aliphatic heterocycles. The van der Waals surface area contributed by atoms with E-state index in [1.807, 2.05) is 56.9 Å². The van der Waals surface area contributed by atoms with Gasteiger partial charge in [-0.2, -0.15) is 0 Å². The van der Waals surface area contributed by atoms with Crippen LogP contribution < -0.4 is 4.74 Å². The summed E-state index contributed by atoms with van der Waals surface area (Å²) in [6.07, 6.45) is 4.04. The minimum absolute atomic E-state index is 0.0359. The molecule has 2 rings (SSSR count). The fourth-order valence-electron chi connectivity index (χ4n) is 4.56. The quantitative estimate of drug-likeness (QED) is 0.271. The van der Waals surface area contributed by atoms with Crippen LogP contribution in [0.3, 0.4) is 0 Å². The zero-order valence-corrected chi connectivity index (χ0v) is 23.5. The van der Waals surface area contributed by atoms with E-state index in [0.29, 0.717) is 39.1 Å². The molecule has 208 valence electrons. The van der Waals surface area contributed by atoms with Crippen molar-refractivity contribution in [2.24, 2.45) is 5.92 Å². The Balaban J connectivity index is 1.64. The summed E-state index contributed by atoms with van der Waals surface area (Å²) in [5, 5.41) is 9.49. The van der Waals surface area contributed by atoms with Crippen LogP contribution in [0.2, 0.25) is 0 Å². The average molecular weight is 518 g/mol. The lowest BCUT2D eigenvalue weighted by Gasteiger charge is -2.37. The molecule has 1 atom stereocenters. The second-order valence-corrected chi connectivity index (χ2v) is 11.2. The number of piperazine rings is 1. The first-order chi connectivity index (χ1) is 17.5. The summed E-state index contributed by atoms with van der Waals surface area (Å²) < 4.78 is 5.86. The second-order valence-electron chi connectivity index (χ2n) is 11.2. The van der Waals surface area contributed by atoms with Crippen molar-refractivity contribution < 1.29 is 24.2 Å². The SMILES string of the molecule is CCCCCC(=O)c1ccc(OCCCN2CCN(C(=O)CC(C)CN(C(=O)O)C(C)(C)C)CC2)cc1. The van der Waals surface area contributed by atoms with Crippen LogP contribution in [0.4, 0.5) is 4.79 Å². The minimum Gasteiger partial charge on any atom is -0.494 e. The van der Waals surface area contributed by atoms with Gasteiger partial charge in [0.15, 0.2) is 5.78 Å². The maximum absolute atomic E-state index is 12.8. The van der Waals surface area contributed by atoms with Gasteiger partial charge in [-0.25, -0.2) is 4.79 Å². The van der Waals surface area contributed by atoms with Crippen LogP contribution in [0.5, 0.6) is 5.75 Å². The van der Waals surface area contributed by atoms with E-state index >= 15 is 0 Å². The lowest BCUT2D eigenvalue weighted by Crippen LogP contribution is -2.50. The van der Waals surface area contributed by atoms with E-state index in [2.05, 4.69) is 11.8 Å². The number of carbonyl (C=O) groups excluding carboxylic acids is 2. The fourth-order valence-corrected chi connectivity index (χ4v) is 4.56. The lowest BCUT2D eigenvalue weighted by molar-refractivity contribution is -0.134. The van der Waals surface area contributed by atoms with E-state index in [0.717, 1.165) is 56.6 Å². The van der Waals surface area contributed by atoms with E-state index in [1.54, 1.807) is 0 Å². The normalized spacial score (nSPS) is 15.3. The van der Waals surface area contributed by atoms with Crippen LogP contribution in [0.25, 0.3) is 0 Å². The number of benzene rings is 1. The van der Waals surface area contributed by atoms with Crippen molar-refractivity contribution >= 4 is 17.8 Å². The fraction of sp³-hybridized carbons (Fsp3) is 0.690. The summed E-state index contributed by atoms with van der Waals surface area (Å²) in [7, 11) is 0. The molecule has 1 unspecified atom stereocenters. The van der Waals surface area contributed by atoms with Gasteiger partial charge < -0.3 is 19.6 Å². The van der Waals surface area contributed by atoms with Gasteiger partial charge in [0, 0.05) is 63.2 Å². The van der Waals surface area contributed by atoms with Gasteiger partial charge in [0.25, 0.3) is 0 Å². The number of hydrogen-bond acceptors (Lipinski definition) is 5. The third-order valence-corrected chi connectivity index (χ3v) is 6.85. The number of unbranched alkanes of at least 4 members (excludes halogenated alkanes) is 2. The predicted octanol–water partition coefficient (Wildman–Crippen LogP) is 5.17. The number of carboxylic acid groups (broad SMARTS) is 1. The summed E-state index contributed by atoms with van der Waals surface area (Å²) in [5.41, 5.74) is 0.258. The van der Waals surface area contributed by atoms with Crippen LogP contribution in [-0.4, -0.2) is 89.0 Å². The number of carbonyl (C=O) groups is 3. The number of ether oxygens (including phenoxy) is 1. The molecule has 1 aliphatic rings. The number of nitrogens with zero attached hydrogens (tertiary/aromatic N) is 3. The van der Waals surface area contributed by atoms with Gasteiger partial charge in [0.2, 0.25) is 5.91 Å². The highest BCUT2D eigenvalue weighted by atomic mass is 16.5. The Labute approximate surface area is 222 Å². The molecule has 0 aliphatic carbocycles. The third kappa shape index (κ3) is 10.7. The van der Waals surface area contributed by atoms with E-state index in [9.17, 15) is 19.5 Å². The molecule has 1 aromatic carbocycles. The molecule has 1 aromatic rings. The molecule has 1 fully saturated rings. The Morgan fingerprint density at radius 3 is 2.24 bits per heavy atom. The highest BCUT2D eigenvalue weighted by Gasteiger charge is 2.29. The first-order valence-corrected chi connectivity index (χ1v) is 13.8. The Morgan fingerprint density at radius 1 is 1.03 bits per heavy atom. The molecular weight excluding hydrogens is 470 g/mol. The van der Waals surface area contributed by atoms with Crippen molar-refractivity contribution in [1.82, 2.24) is 14.7 Å². The van der Waals surface area contributed by atoms with Gasteiger partial charge in [-0.15, -0.1) is 0 Å². The van der Waals surface area contributed by atoms with Crippen LogP contribution in [0.15, 0.2) is 24.3 Å². The highest BCUT2D eigenvalue weighted by molar-refractivity contribution is 5.96. The van der Waals surface area contributed by atoms with Crippen LogP contribution in [-0.2, 0) is 4.79 Å². The van der Waals surface area contributed by atoms with Crippen molar-refractivity contribution in [3.8, 4) is 5.75 Å². The van der Waals surface area contributed by atoms with Gasteiger partial charge in [-0.05, 0) is 63.8 Å². The van der Waals surface area contributed by atoms with E-state index in [4.69, 9.17) is 4.74 Å². The van der Waals surface area contributed by atoms with Crippen LogP contribution in [0.1, 0.15) is 83.5 Å². The number of hydrogen-bond donors (Lipinski definition) is 1. The van der Waals surface area contributed by atoms with Gasteiger partial charge in [0.1, 0.15) is 5.75 Å². The molecule has 1 saturated heterocycles. The zero-order valence-electron chi connectivity index (χ0n) is 23.5. The molecule has 1 heterocycles. The molecule has 0 saturated carbocycles. The van der Waals surface area contributed by atoms with E-state index in [-0.39, 0.29) is 17.6 Å². The van der Waals surface area contributed by atoms with Gasteiger partial charge >= 0.3 is 6.09 Å². The maximum Gasteiger partial charge on any atom is 0.407 e. The van der Waals surface area contributed by atoms with Gasteiger partial charge in [0.05, 0.1) is 6.61 Å². The standard InChI is InChI=1S/C29H47N3O5/c1-6-7-8-10-26(33)24-11-13-25(14-12-24)37-20-9-15-30-16-18-31(19-17-30)27(34)21-23(2)22-32(28(35)36)29(3,4)5/h11-14,23H,6-10,15-22H2,1-5H3,(H,35,36). The molecule has 37 heavy (non-hydrogen) atoms. The van der Waals surface area contributed by atoms with Crippen molar-refractivity contribution in [2.45, 2.75) is 78.7 Å². The average Bonchev–Trinajstić information content (AvgIpc) is 2.85. The number of Topliss-reactive ketones (excluding diaryl/α,β-unsaturated/α-hetero) is 1. The molecule has 0 spiro atoms. The predicted molar refractivity (Wildman–Crippen MR) is 146 cm³/mol. The molecular formula is C29H47N3O5. The Kier molecular flexibility index (Phi) is 12.4. The van der Waals surface area contributed by atoms with Crippen LogP contribution >= 0.6 is 0 Å². The molecule has 0 bridgehead atoms. The summed E-state index contributed by atoms with van der Waals surface area (Å²) in [4.78, 5) is 42.2. The van der Waals surface area contributed by atoms with E-state index < -0.39 is 11.6 Å². The number of rotatable bonds is 14. The Morgan fingerprint density at radius 2 is 1.68 bits per heavy atom. The summed E-state index contributed by atoms with van der Waals surface area (Å²) in [5.74, 6) is 1.04. The van der Waals surface area contributed by atoms with Crippen molar-refractivity contribution in [3.63, 3.8) is 0 Å². The lowest BCUT2D eigenvalue weighted by atomic mass is 10.0. The summed E-state index contributed by atoms with van der Waals surface area (Å²) >= 11 is 0. The second kappa shape index (κ2) is 15.0. The molecule has 8 nitrogen and oxygen atoms in total. The largest absolute Gasteiger partial charge is 0.494 e. The first-order valence-electron chi connectivity index (χ1n) is 13.8.